The third-order valence-electron chi connectivity index (χ3n) is 2.48. The highest BCUT2D eigenvalue weighted by Crippen LogP contribution is 2.06. The topological polar surface area (TPSA) is 20.2 Å². The second-order valence-corrected chi connectivity index (χ2v) is 4.06. The molecular weight excluding hydrogens is 203 g/mol. The smallest absolute Gasteiger partial charge is 0.121 e. The van der Waals surface area contributed by atoms with Crippen LogP contribution >= 0.6 is 0 Å². The number of aliphatic hydroxyl groups is 1. The summed E-state index contributed by atoms with van der Waals surface area (Å²) in [5, 5.41) is 8.42. The van der Waals surface area contributed by atoms with Crippen molar-refractivity contribution in [3.63, 3.8) is 0 Å². The lowest BCUT2D eigenvalue weighted by molar-refractivity contribution is 0.297. The van der Waals surface area contributed by atoms with Crippen LogP contribution in [0.25, 0.3) is 0 Å². The Kier molecular flexibility index (Phi) is 11.9. The van der Waals surface area contributed by atoms with Crippen molar-refractivity contribution >= 4 is 0 Å². The first kappa shape index (κ1) is 15.4. The maximum Gasteiger partial charge on any atom is 0.121 e. The number of halogens is 1. The van der Waals surface area contributed by atoms with E-state index >= 15 is 0 Å². The molecule has 0 aromatic rings. The quantitative estimate of drug-likeness (QED) is 0.430. The molecule has 0 rings (SSSR count). The third kappa shape index (κ3) is 11.4. The van der Waals surface area contributed by atoms with Crippen LogP contribution in [0.15, 0.2) is 24.1 Å². The summed E-state index contributed by atoms with van der Waals surface area (Å²) >= 11 is 0. The summed E-state index contributed by atoms with van der Waals surface area (Å²) in [5.41, 5.74) is 0. The molecule has 0 saturated carbocycles. The Bertz CT molecular complexity index is 197. The zero-order valence-electron chi connectivity index (χ0n) is 10.4. The zero-order chi connectivity index (χ0) is 12.1. The first-order valence-electron chi connectivity index (χ1n) is 6.41. The van der Waals surface area contributed by atoms with Gasteiger partial charge in [0, 0.05) is 0 Å². The molecule has 1 nitrogen and oxygen atoms in total. The molecule has 0 aliphatic carbocycles. The predicted molar refractivity (Wildman–Crippen MR) is 68.0 cm³/mol. The number of rotatable bonds is 10. The first-order valence-corrected chi connectivity index (χ1v) is 6.41. The van der Waals surface area contributed by atoms with E-state index in [0.29, 0.717) is 0 Å². The van der Waals surface area contributed by atoms with Gasteiger partial charge in [0.1, 0.15) is 5.83 Å². The number of allylic oxidation sites excluding steroid dienone is 3. The molecule has 0 aliphatic rings. The number of hydrogen-bond donors (Lipinski definition) is 1. The van der Waals surface area contributed by atoms with Crippen molar-refractivity contribution in [1.82, 2.24) is 0 Å². The van der Waals surface area contributed by atoms with Crippen LogP contribution in [-0.2, 0) is 0 Å². The Hall–Kier alpha value is -0.630. The van der Waals surface area contributed by atoms with E-state index in [9.17, 15) is 4.39 Å². The Labute approximate surface area is 99.1 Å². The molecule has 2 heteroatoms. The Morgan fingerprint density at radius 1 is 1.00 bits per heavy atom. The maximum atomic E-state index is 12.5. The van der Waals surface area contributed by atoms with Crippen LogP contribution < -0.4 is 0 Å². The fraction of sp³-hybridized carbons (Fsp3) is 0.714. The van der Waals surface area contributed by atoms with Gasteiger partial charge >= 0.3 is 0 Å². The highest BCUT2D eigenvalue weighted by atomic mass is 19.1. The minimum absolute atomic E-state index is 0.407. The molecule has 0 amide bonds. The van der Waals surface area contributed by atoms with Crippen molar-refractivity contribution in [2.45, 2.75) is 58.3 Å². The molecule has 0 unspecified atom stereocenters. The van der Waals surface area contributed by atoms with E-state index in [-0.39, 0.29) is 0 Å². The van der Waals surface area contributed by atoms with E-state index < -0.39 is 12.4 Å². The molecule has 0 fully saturated rings. The number of aliphatic hydroxyl groups excluding tert-OH is 1. The van der Waals surface area contributed by atoms with E-state index in [2.05, 4.69) is 19.1 Å². The highest BCUT2D eigenvalue weighted by molar-refractivity contribution is 4.90. The van der Waals surface area contributed by atoms with Gasteiger partial charge in [-0.2, -0.15) is 0 Å². The molecule has 0 aliphatic heterocycles. The SMILES string of the molecule is CCCCCC=CCCCCC=C(F)CO. The summed E-state index contributed by atoms with van der Waals surface area (Å²) in [7, 11) is 0. The van der Waals surface area contributed by atoms with E-state index in [1.807, 2.05) is 0 Å². The van der Waals surface area contributed by atoms with Crippen molar-refractivity contribution in [3.8, 4) is 0 Å². The third-order valence-corrected chi connectivity index (χ3v) is 2.48. The van der Waals surface area contributed by atoms with Gasteiger partial charge in [-0.3, -0.25) is 0 Å². The normalized spacial score (nSPS) is 12.6. The van der Waals surface area contributed by atoms with Crippen molar-refractivity contribution in [2.75, 3.05) is 6.61 Å². The van der Waals surface area contributed by atoms with Crippen molar-refractivity contribution in [3.05, 3.63) is 24.1 Å². The van der Waals surface area contributed by atoms with Crippen LogP contribution in [-0.4, -0.2) is 11.7 Å². The molecule has 16 heavy (non-hydrogen) atoms. The van der Waals surface area contributed by atoms with Gasteiger partial charge in [-0.15, -0.1) is 0 Å². The van der Waals surface area contributed by atoms with Gasteiger partial charge in [-0.05, 0) is 38.5 Å². The summed E-state index contributed by atoms with van der Waals surface area (Å²) in [5.74, 6) is -0.407. The van der Waals surface area contributed by atoms with Crippen LogP contribution in [0.1, 0.15) is 58.3 Å². The van der Waals surface area contributed by atoms with E-state index in [0.717, 1.165) is 25.7 Å². The van der Waals surface area contributed by atoms with Gasteiger partial charge in [0.2, 0.25) is 0 Å². The summed E-state index contributed by atoms with van der Waals surface area (Å²) in [6.45, 7) is 1.75. The molecule has 1 N–H and O–H groups in total. The molecular formula is C14H25FO. The number of unbranched alkanes of at least 4 members (excludes halogenated alkanes) is 6. The van der Waals surface area contributed by atoms with Gasteiger partial charge in [-0.1, -0.05) is 38.0 Å². The van der Waals surface area contributed by atoms with Gasteiger partial charge in [-0.25, -0.2) is 4.39 Å². The zero-order valence-corrected chi connectivity index (χ0v) is 10.4. The summed E-state index contributed by atoms with van der Waals surface area (Å²) < 4.78 is 12.5. The highest BCUT2D eigenvalue weighted by Gasteiger charge is 1.90. The Morgan fingerprint density at radius 2 is 1.56 bits per heavy atom. The molecule has 0 atom stereocenters. The molecule has 0 spiro atoms. The molecule has 94 valence electrons. The molecule has 0 radical (unpaired) electrons. The van der Waals surface area contributed by atoms with Gasteiger partial charge < -0.3 is 5.11 Å². The molecule has 0 aromatic heterocycles. The van der Waals surface area contributed by atoms with Crippen LogP contribution in [0.5, 0.6) is 0 Å². The minimum atomic E-state index is -0.461. The van der Waals surface area contributed by atoms with E-state index in [1.165, 1.54) is 31.8 Å². The largest absolute Gasteiger partial charge is 0.389 e. The van der Waals surface area contributed by atoms with Crippen molar-refractivity contribution in [2.24, 2.45) is 0 Å². The molecule has 0 heterocycles. The lowest BCUT2D eigenvalue weighted by Crippen LogP contribution is -1.82. The minimum Gasteiger partial charge on any atom is -0.389 e. The van der Waals surface area contributed by atoms with E-state index in [4.69, 9.17) is 5.11 Å². The first-order chi connectivity index (χ1) is 7.81. The van der Waals surface area contributed by atoms with Gasteiger partial charge in [0.15, 0.2) is 0 Å². The van der Waals surface area contributed by atoms with Crippen molar-refractivity contribution < 1.29 is 9.50 Å². The fourth-order valence-electron chi connectivity index (χ4n) is 1.48. The lowest BCUT2D eigenvalue weighted by atomic mass is 10.1. The fourth-order valence-corrected chi connectivity index (χ4v) is 1.48. The summed E-state index contributed by atoms with van der Waals surface area (Å²) in [4.78, 5) is 0. The van der Waals surface area contributed by atoms with Crippen molar-refractivity contribution in [1.29, 1.82) is 0 Å². The molecule has 0 saturated heterocycles. The monoisotopic (exact) mass is 228 g/mol. The Morgan fingerprint density at radius 3 is 2.12 bits per heavy atom. The van der Waals surface area contributed by atoms with Gasteiger partial charge in [0.25, 0.3) is 0 Å². The number of hydrogen-bond acceptors (Lipinski definition) is 1. The summed E-state index contributed by atoms with van der Waals surface area (Å²) in [6, 6.07) is 0. The lowest BCUT2D eigenvalue weighted by Gasteiger charge is -1.95. The predicted octanol–water partition coefficient (Wildman–Crippen LogP) is 4.53. The Balaban J connectivity index is 3.20. The molecule has 0 aromatic carbocycles. The van der Waals surface area contributed by atoms with Gasteiger partial charge in [0.05, 0.1) is 6.61 Å². The van der Waals surface area contributed by atoms with Crippen LogP contribution in [0, 0.1) is 0 Å². The second-order valence-electron chi connectivity index (χ2n) is 4.06. The summed E-state index contributed by atoms with van der Waals surface area (Å²) in [6.07, 6.45) is 14.9. The van der Waals surface area contributed by atoms with Crippen LogP contribution in [0.4, 0.5) is 4.39 Å². The average Bonchev–Trinajstić information content (AvgIpc) is 2.31. The van der Waals surface area contributed by atoms with Crippen LogP contribution in [0.3, 0.4) is 0 Å². The second kappa shape index (κ2) is 12.4. The standard InChI is InChI=1S/C14H25FO/c1-2-3-4-5-6-7-8-9-10-11-12-14(15)13-16/h6-7,12,16H,2-5,8-11,13H2,1H3. The average molecular weight is 228 g/mol. The van der Waals surface area contributed by atoms with E-state index in [1.54, 1.807) is 0 Å². The molecule has 0 bridgehead atoms. The maximum absolute atomic E-state index is 12.5. The van der Waals surface area contributed by atoms with Crippen LogP contribution in [0.2, 0.25) is 0 Å².